The highest BCUT2D eigenvalue weighted by Crippen LogP contribution is 2.26. The maximum atomic E-state index is 12.5. The van der Waals surface area contributed by atoms with E-state index in [4.69, 9.17) is 4.42 Å². The van der Waals surface area contributed by atoms with Gasteiger partial charge in [0.25, 0.3) is 5.91 Å². The number of pyridine rings is 1. The lowest BCUT2D eigenvalue weighted by molar-refractivity contribution is 0.102. The number of carbonyl (C=O) groups excluding carboxylic acids is 1. The highest BCUT2D eigenvalue weighted by atomic mass is 32.1. The second kappa shape index (κ2) is 6.14. The summed E-state index contributed by atoms with van der Waals surface area (Å²) >= 11 is 1.36. The van der Waals surface area contributed by atoms with Crippen LogP contribution in [0.4, 0.5) is 5.13 Å². The van der Waals surface area contributed by atoms with Crippen LogP contribution in [0.1, 0.15) is 21.8 Å². The fourth-order valence-corrected chi connectivity index (χ4v) is 3.24. The first-order chi connectivity index (χ1) is 12.1. The van der Waals surface area contributed by atoms with Gasteiger partial charge in [0.2, 0.25) is 0 Å². The molecule has 1 N–H and O–H groups in total. The summed E-state index contributed by atoms with van der Waals surface area (Å²) < 4.78 is 5.56. The van der Waals surface area contributed by atoms with Gasteiger partial charge in [0.1, 0.15) is 11.5 Å². The van der Waals surface area contributed by atoms with E-state index in [1.807, 2.05) is 49.6 Å². The van der Waals surface area contributed by atoms with Crippen LogP contribution in [0.3, 0.4) is 0 Å². The molecule has 0 atom stereocenters. The van der Waals surface area contributed by atoms with Crippen LogP contribution in [0.15, 0.2) is 52.3 Å². The number of hydrogen-bond donors (Lipinski definition) is 1. The van der Waals surface area contributed by atoms with Gasteiger partial charge >= 0.3 is 0 Å². The number of thiazole rings is 1. The van der Waals surface area contributed by atoms with Gasteiger partial charge in [-0.3, -0.25) is 15.1 Å². The first kappa shape index (κ1) is 15.5. The van der Waals surface area contributed by atoms with E-state index in [0.717, 1.165) is 22.4 Å². The Labute approximate surface area is 148 Å². The molecule has 0 saturated carbocycles. The Bertz CT molecular complexity index is 1080. The topological polar surface area (TPSA) is 68.0 Å². The minimum atomic E-state index is -0.207. The number of nitrogens with zero attached hydrogens (tertiary/aromatic N) is 2. The number of furan rings is 1. The second-order valence-corrected chi connectivity index (χ2v) is 6.62. The van der Waals surface area contributed by atoms with E-state index in [1.165, 1.54) is 11.3 Å². The van der Waals surface area contributed by atoms with Crippen LogP contribution in [0, 0.1) is 13.8 Å². The van der Waals surface area contributed by atoms with Crippen molar-refractivity contribution in [2.75, 3.05) is 5.32 Å². The maximum absolute atomic E-state index is 12.5. The molecular weight excluding hydrogens is 334 g/mol. The van der Waals surface area contributed by atoms with E-state index >= 15 is 0 Å². The van der Waals surface area contributed by atoms with Gasteiger partial charge in [-0.1, -0.05) is 12.1 Å². The zero-order valence-corrected chi connectivity index (χ0v) is 14.6. The summed E-state index contributed by atoms with van der Waals surface area (Å²) in [6.45, 7) is 3.81. The third-order valence-corrected chi connectivity index (χ3v) is 4.57. The quantitative estimate of drug-likeness (QED) is 0.576. The molecule has 1 aromatic carbocycles. The summed E-state index contributed by atoms with van der Waals surface area (Å²) in [7, 11) is 0. The van der Waals surface area contributed by atoms with Crippen LogP contribution < -0.4 is 5.32 Å². The lowest BCUT2D eigenvalue weighted by Gasteiger charge is -2.04. The number of anilines is 1. The molecule has 124 valence electrons. The van der Waals surface area contributed by atoms with E-state index in [9.17, 15) is 4.79 Å². The molecule has 0 spiro atoms. The lowest BCUT2D eigenvalue weighted by Crippen LogP contribution is -2.11. The van der Waals surface area contributed by atoms with Gasteiger partial charge in [0, 0.05) is 22.0 Å². The predicted molar refractivity (Wildman–Crippen MR) is 99.0 cm³/mol. The molecular formula is C19H15N3O2S. The smallest absolute Gasteiger partial charge is 0.257 e. The number of aryl methyl sites for hydroxylation is 2. The van der Waals surface area contributed by atoms with Crippen LogP contribution in [0.5, 0.6) is 0 Å². The van der Waals surface area contributed by atoms with Crippen molar-refractivity contribution in [2.24, 2.45) is 0 Å². The van der Waals surface area contributed by atoms with Gasteiger partial charge in [-0.25, -0.2) is 4.98 Å². The van der Waals surface area contributed by atoms with Crippen LogP contribution >= 0.6 is 11.3 Å². The Morgan fingerprint density at radius 3 is 2.72 bits per heavy atom. The van der Waals surface area contributed by atoms with Gasteiger partial charge in [0.05, 0.1) is 5.52 Å². The molecule has 25 heavy (non-hydrogen) atoms. The molecule has 4 aromatic rings. The Balaban J connectivity index is 1.57. The van der Waals surface area contributed by atoms with Crippen LogP contribution in [0.25, 0.3) is 22.4 Å². The van der Waals surface area contributed by atoms with Crippen molar-refractivity contribution < 1.29 is 9.21 Å². The molecule has 3 aromatic heterocycles. The SMILES string of the molecule is Cc1ccc2ccc(C(=O)Nc3nc(-c4ccc(C)o4)cs3)cc2n1. The first-order valence-corrected chi connectivity index (χ1v) is 8.67. The zero-order valence-electron chi connectivity index (χ0n) is 13.7. The number of amides is 1. The van der Waals surface area contributed by atoms with Gasteiger partial charge in [-0.15, -0.1) is 11.3 Å². The molecule has 6 heteroatoms. The normalized spacial score (nSPS) is 11.0. The third kappa shape index (κ3) is 3.16. The average molecular weight is 349 g/mol. The van der Waals surface area contributed by atoms with E-state index < -0.39 is 0 Å². The Hall–Kier alpha value is -2.99. The molecule has 0 saturated heterocycles. The van der Waals surface area contributed by atoms with Crippen molar-refractivity contribution >= 4 is 33.3 Å². The zero-order chi connectivity index (χ0) is 17.4. The molecule has 0 aliphatic heterocycles. The number of carbonyl (C=O) groups is 1. The molecule has 3 heterocycles. The number of fused-ring (bicyclic) bond motifs is 1. The summed E-state index contributed by atoms with van der Waals surface area (Å²) in [6, 6.07) is 13.2. The summed E-state index contributed by atoms with van der Waals surface area (Å²) in [5.41, 5.74) is 2.99. The van der Waals surface area contributed by atoms with E-state index in [0.29, 0.717) is 22.1 Å². The van der Waals surface area contributed by atoms with Crippen LogP contribution in [0.2, 0.25) is 0 Å². The number of hydrogen-bond acceptors (Lipinski definition) is 5. The molecule has 0 radical (unpaired) electrons. The third-order valence-electron chi connectivity index (χ3n) is 3.81. The van der Waals surface area contributed by atoms with Gasteiger partial charge in [-0.05, 0) is 44.2 Å². The van der Waals surface area contributed by atoms with Gasteiger partial charge < -0.3 is 4.42 Å². The van der Waals surface area contributed by atoms with Crippen molar-refractivity contribution in [3.8, 4) is 11.5 Å². The summed E-state index contributed by atoms with van der Waals surface area (Å²) in [6.07, 6.45) is 0. The maximum Gasteiger partial charge on any atom is 0.257 e. The van der Waals surface area contributed by atoms with Crippen molar-refractivity contribution in [2.45, 2.75) is 13.8 Å². The Kier molecular flexibility index (Phi) is 3.82. The number of rotatable bonds is 3. The molecule has 0 aliphatic rings. The standard InChI is InChI=1S/C19H15N3O2S/c1-11-3-5-13-6-7-14(9-15(13)20-11)18(23)22-19-21-16(10-25-19)17-8-4-12(2)24-17/h3-10H,1-2H3,(H,21,22,23). The molecule has 0 aliphatic carbocycles. The second-order valence-electron chi connectivity index (χ2n) is 5.76. The predicted octanol–water partition coefficient (Wildman–Crippen LogP) is 4.82. The fraction of sp³-hybridized carbons (Fsp3) is 0.105. The van der Waals surface area contributed by atoms with Crippen molar-refractivity contribution in [3.63, 3.8) is 0 Å². The molecule has 4 rings (SSSR count). The van der Waals surface area contributed by atoms with E-state index in [2.05, 4.69) is 15.3 Å². The first-order valence-electron chi connectivity index (χ1n) is 7.79. The summed E-state index contributed by atoms with van der Waals surface area (Å²) in [5.74, 6) is 1.31. The summed E-state index contributed by atoms with van der Waals surface area (Å²) in [5, 5.41) is 6.23. The molecule has 1 amide bonds. The molecule has 0 bridgehead atoms. The largest absolute Gasteiger partial charge is 0.460 e. The van der Waals surface area contributed by atoms with Crippen molar-refractivity contribution in [1.82, 2.24) is 9.97 Å². The highest BCUT2D eigenvalue weighted by Gasteiger charge is 2.12. The number of aromatic nitrogens is 2. The lowest BCUT2D eigenvalue weighted by atomic mass is 10.1. The molecule has 0 fully saturated rings. The van der Waals surface area contributed by atoms with E-state index in [-0.39, 0.29) is 5.91 Å². The van der Waals surface area contributed by atoms with Crippen molar-refractivity contribution in [3.05, 3.63) is 64.9 Å². The van der Waals surface area contributed by atoms with Crippen LogP contribution in [-0.2, 0) is 0 Å². The van der Waals surface area contributed by atoms with Gasteiger partial charge in [0.15, 0.2) is 10.9 Å². The van der Waals surface area contributed by atoms with Crippen molar-refractivity contribution in [1.29, 1.82) is 0 Å². The number of nitrogens with one attached hydrogen (secondary N) is 1. The van der Waals surface area contributed by atoms with Gasteiger partial charge in [-0.2, -0.15) is 0 Å². The van der Waals surface area contributed by atoms with Crippen LogP contribution in [-0.4, -0.2) is 15.9 Å². The average Bonchev–Trinajstić information content (AvgIpc) is 3.23. The fourth-order valence-electron chi connectivity index (χ4n) is 2.55. The minimum absolute atomic E-state index is 0.207. The number of benzene rings is 1. The monoisotopic (exact) mass is 349 g/mol. The molecule has 0 unspecified atom stereocenters. The Morgan fingerprint density at radius 2 is 1.92 bits per heavy atom. The summed E-state index contributed by atoms with van der Waals surface area (Å²) in [4.78, 5) is 21.4. The Morgan fingerprint density at radius 1 is 1.08 bits per heavy atom. The van der Waals surface area contributed by atoms with E-state index in [1.54, 1.807) is 12.1 Å². The minimum Gasteiger partial charge on any atom is -0.460 e. The highest BCUT2D eigenvalue weighted by molar-refractivity contribution is 7.14. The molecule has 5 nitrogen and oxygen atoms in total.